The van der Waals surface area contributed by atoms with Crippen LogP contribution < -0.4 is 15.0 Å². The van der Waals surface area contributed by atoms with E-state index in [1.165, 1.54) is 16.8 Å². The molecular formula is C23H24N2O. The molecule has 1 aliphatic rings. The Balaban J connectivity index is 1.34. The van der Waals surface area contributed by atoms with Crippen molar-refractivity contribution in [3.8, 4) is 5.75 Å². The van der Waals surface area contributed by atoms with Gasteiger partial charge < -0.3 is 15.0 Å². The van der Waals surface area contributed by atoms with Crippen LogP contribution in [0.3, 0.4) is 0 Å². The minimum absolute atomic E-state index is 0.582. The number of rotatable bonds is 7. The Hall–Kier alpha value is -2.94. The summed E-state index contributed by atoms with van der Waals surface area (Å²) in [5.41, 5.74) is 5.06. The summed E-state index contributed by atoms with van der Waals surface area (Å²) in [6, 6.07) is 27.1. The minimum Gasteiger partial charge on any atom is -0.487 e. The van der Waals surface area contributed by atoms with Crippen LogP contribution in [0.25, 0.3) is 0 Å². The first-order valence-electron chi connectivity index (χ1n) is 9.22. The van der Waals surface area contributed by atoms with Crippen LogP contribution in [0, 0.1) is 0 Å². The zero-order chi connectivity index (χ0) is 17.6. The van der Waals surface area contributed by atoms with E-state index in [2.05, 4.69) is 52.7 Å². The van der Waals surface area contributed by atoms with Gasteiger partial charge in [0.1, 0.15) is 12.4 Å². The molecule has 4 rings (SSSR count). The van der Waals surface area contributed by atoms with E-state index in [4.69, 9.17) is 4.74 Å². The van der Waals surface area contributed by atoms with Gasteiger partial charge in [-0.25, -0.2) is 0 Å². The van der Waals surface area contributed by atoms with Gasteiger partial charge in [-0.2, -0.15) is 0 Å². The molecule has 0 bridgehead atoms. The number of ether oxygens (including phenoxy) is 1. The fourth-order valence-corrected chi connectivity index (χ4v) is 3.44. The number of hydrogen-bond acceptors (Lipinski definition) is 3. The summed E-state index contributed by atoms with van der Waals surface area (Å²) in [6.45, 7) is 3.57. The van der Waals surface area contributed by atoms with Crippen molar-refractivity contribution in [1.82, 2.24) is 0 Å². The highest BCUT2D eigenvalue weighted by Gasteiger charge is 2.17. The summed E-state index contributed by atoms with van der Waals surface area (Å²) >= 11 is 0. The molecule has 0 aromatic heterocycles. The van der Waals surface area contributed by atoms with Crippen LogP contribution in [0.5, 0.6) is 5.75 Å². The summed E-state index contributed by atoms with van der Waals surface area (Å²) in [5.74, 6) is 0.901. The van der Waals surface area contributed by atoms with Crippen molar-refractivity contribution in [3.63, 3.8) is 0 Å². The van der Waals surface area contributed by atoms with Gasteiger partial charge in [0, 0.05) is 25.3 Å². The Morgan fingerprint density at radius 2 is 1.62 bits per heavy atom. The predicted octanol–water partition coefficient (Wildman–Crippen LogP) is 4.74. The molecule has 0 saturated heterocycles. The van der Waals surface area contributed by atoms with Gasteiger partial charge in [0.05, 0.1) is 5.69 Å². The van der Waals surface area contributed by atoms with Crippen LogP contribution in [0.15, 0.2) is 78.9 Å². The quantitative estimate of drug-likeness (QED) is 0.670. The largest absolute Gasteiger partial charge is 0.487 e. The number of nitrogens with one attached hydrogen (secondary N) is 1. The standard InChI is InChI=1S/C23H24N2O/c1-2-8-19(9-3-1)18-26-23-13-7-5-11-21(23)24-15-17-25-16-14-20-10-4-6-12-22(20)25/h1-13,24H,14-18H2. The summed E-state index contributed by atoms with van der Waals surface area (Å²) < 4.78 is 6.03. The first-order valence-corrected chi connectivity index (χ1v) is 9.22. The normalized spacial score (nSPS) is 12.7. The lowest BCUT2D eigenvalue weighted by Gasteiger charge is -2.20. The van der Waals surface area contributed by atoms with E-state index in [1.54, 1.807) is 0 Å². The van der Waals surface area contributed by atoms with E-state index in [1.807, 2.05) is 36.4 Å². The molecule has 3 aromatic carbocycles. The van der Waals surface area contributed by atoms with Crippen LogP contribution in [-0.2, 0) is 13.0 Å². The van der Waals surface area contributed by atoms with Gasteiger partial charge in [-0.05, 0) is 35.7 Å². The summed E-state index contributed by atoms with van der Waals surface area (Å²) in [4.78, 5) is 2.45. The Morgan fingerprint density at radius 3 is 2.54 bits per heavy atom. The molecule has 0 saturated carbocycles. The monoisotopic (exact) mass is 344 g/mol. The number of para-hydroxylation sites is 3. The highest BCUT2D eigenvalue weighted by atomic mass is 16.5. The molecule has 0 fully saturated rings. The van der Waals surface area contributed by atoms with Gasteiger partial charge in [-0.15, -0.1) is 0 Å². The number of nitrogens with zero attached hydrogens (tertiary/aromatic N) is 1. The molecule has 0 atom stereocenters. The van der Waals surface area contributed by atoms with Gasteiger partial charge in [0.15, 0.2) is 0 Å². The van der Waals surface area contributed by atoms with E-state index < -0.39 is 0 Å². The van der Waals surface area contributed by atoms with Crippen LogP contribution >= 0.6 is 0 Å². The van der Waals surface area contributed by atoms with Crippen LogP contribution in [-0.4, -0.2) is 19.6 Å². The SMILES string of the molecule is c1ccc(COc2ccccc2NCCN2CCc3ccccc32)cc1. The van der Waals surface area contributed by atoms with Gasteiger partial charge in [-0.3, -0.25) is 0 Å². The fraction of sp³-hybridized carbons (Fsp3) is 0.217. The molecule has 1 heterocycles. The Labute approximate surface area is 155 Å². The highest BCUT2D eigenvalue weighted by molar-refractivity contribution is 5.59. The summed E-state index contributed by atoms with van der Waals surface area (Å²) in [5, 5.41) is 3.54. The fourth-order valence-electron chi connectivity index (χ4n) is 3.44. The zero-order valence-electron chi connectivity index (χ0n) is 14.9. The third kappa shape index (κ3) is 3.83. The van der Waals surface area contributed by atoms with E-state index in [9.17, 15) is 0 Å². The van der Waals surface area contributed by atoms with Gasteiger partial charge in [-0.1, -0.05) is 60.7 Å². The smallest absolute Gasteiger partial charge is 0.142 e. The maximum absolute atomic E-state index is 6.03. The van der Waals surface area contributed by atoms with Crippen LogP contribution in [0.4, 0.5) is 11.4 Å². The molecule has 0 radical (unpaired) electrons. The number of benzene rings is 3. The Morgan fingerprint density at radius 1 is 0.846 bits per heavy atom. The lowest BCUT2D eigenvalue weighted by Crippen LogP contribution is -2.27. The van der Waals surface area contributed by atoms with Crippen molar-refractivity contribution in [2.75, 3.05) is 29.9 Å². The first-order chi connectivity index (χ1) is 12.9. The maximum atomic E-state index is 6.03. The van der Waals surface area contributed by atoms with Crippen molar-refractivity contribution < 1.29 is 4.74 Å². The average molecular weight is 344 g/mol. The van der Waals surface area contributed by atoms with Gasteiger partial charge in [0.2, 0.25) is 0 Å². The van der Waals surface area contributed by atoms with Gasteiger partial charge in [0.25, 0.3) is 0 Å². The van der Waals surface area contributed by atoms with Crippen molar-refractivity contribution >= 4 is 11.4 Å². The average Bonchev–Trinajstić information content (AvgIpc) is 3.11. The van der Waals surface area contributed by atoms with Crippen molar-refractivity contribution in [2.24, 2.45) is 0 Å². The molecule has 1 aliphatic heterocycles. The highest BCUT2D eigenvalue weighted by Crippen LogP contribution is 2.28. The minimum atomic E-state index is 0.582. The summed E-state index contributed by atoms with van der Waals surface area (Å²) in [6.07, 6.45) is 1.15. The second-order valence-electron chi connectivity index (χ2n) is 6.56. The van der Waals surface area contributed by atoms with Crippen LogP contribution in [0.1, 0.15) is 11.1 Å². The van der Waals surface area contributed by atoms with E-state index >= 15 is 0 Å². The number of hydrogen-bond donors (Lipinski definition) is 1. The Bertz CT molecular complexity index is 848. The molecule has 3 nitrogen and oxygen atoms in total. The van der Waals surface area contributed by atoms with Crippen LogP contribution in [0.2, 0.25) is 0 Å². The molecule has 0 unspecified atom stereocenters. The molecule has 26 heavy (non-hydrogen) atoms. The lowest BCUT2D eigenvalue weighted by molar-refractivity contribution is 0.307. The van der Waals surface area contributed by atoms with Gasteiger partial charge >= 0.3 is 0 Å². The van der Waals surface area contributed by atoms with Crippen molar-refractivity contribution in [1.29, 1.82) is 0 Å². The third-order valence-corrected chi connectivity index (χ3v) is 4.80. The molecule has 132 valence electrons. The number of anilines is 2. The molecule has 0 aliphatic carbocycles. The molecule has 3 heteroatoms. The predicted molar refractivity (Wildman–Crippen MR) is 108 cm³/mol. The third-order valence-electron chi connectivity index (χ3n) is 4.80. The van der Waals surface area contributed by atoms with E-state index in [-0.39, 0.29) is 0 Å². The molecule has 3 aromatic rings. The molecule has 0 spiro atoms. The van der Waals surface area contributed by atoms with E-state index in [0.717, 1.165) is 37.5 Å². The van der Waals surface area contributed by atoms with E-state index in [0.29, 0.717) is 6.61 Å². The van der Waals surface area contributed by atoms with Crippen molar-refractivity contribution in [2.45, 2.75) is 13.0 Å². The second-order valence-corrected chi connectivity index (χ2v) is 6.56. The molecule has 1 N–H and O–H groups in total. The first kappa shape index (κ1) is 16.5. The Kier molecular flexibility index (Phi) is 5.06. The molecule has 0 amide bonds. The topological polar surface area (TPSA) is 24.5 Å². The van der Waals surface area contributed by atoms with Crippen molar-refractivity contribution in [3.05, 3.63) is 90.0 Å². The lowest BCUT2D eigenvalue weighted by atomic mass is 10.2. The number of fused-ring (bicyclic) bond motifs is 1. The summed E-state index contributed by atoms with van der Waals surface area (Å²) in [7, 11) is 0. The second kappa shape index (κ2) is 7.96. The zero-order valence-corrected chi connectivity index (χ0v) is 14.9. The maximum Gasteiger partial charge on any atom is 0.142 e. The molecular weight excluding hydrogens is 320 g/mol.